The molecule has 0 aliphatic rings. The molecule has 0 heterocycles. The van der Waals surface area contributed by atoms with Crippen LogP contribution in [0.3, 0.4) is 0 Å². The van der Waals surface area contributed by atoms with Crippen molar-refractivity contribution in [3.05, 3.63) is 35.4 Å². The highest BCUT2D eigenvalue weighted by Gasteiger charge is 2.30. The largest absolute Gasteiger partial charge is 0.418 e. The third-order valence-electron chi connectivity index (χ3n) is 4.34. The Labute approximate surface area is 151 Å². The molecule has 0 aliphatic heterocycles. The van der Waals surface area contributed by atoms with Crippen molar-refractivity contribution in [3.8, 4) is 0 Å². The first kappa shape index (κ1) is 21.6. The summed E-state index contributed by atoms with van der Waals surface area (Å²) in [5, 5.41) is 0. The summed E-state index contributed by atoms with van der Waals surface area (Å²) in [5.41, 5.74) is 2.78. The van der Waals surface area contributed by atoms with E-state index in [0.717, 1.165) is 38.7 Å². The standard InChI is InChI=1S/C19H36O3Si2/c1-7-20-23(4,5)16-14-18-10-12-19(13-11-18)15-17-24(6,21-8-2)22-9-3/h10-13H,7-9,14-17H2,1-6H3. The molecule has 0 N–H and O–H groups in total. The minimum Gasteiger partial charge on any atom is -0.418 e. The lowest BCUT2D eigenvalue weighted by molar-refractivity contribution is 0.189. The van der Waals surface area contributed by atoms with E-state index >= 15 is 0 Å². The van der Waals surface area contributed by atoms with E-state index in [1.54, 1.807) is 0 Å². The average molecular weight is 369 g/mol. The average Bonchev–Trinajstić information content (AvgIpc) is 2.53. The SMILES string of the molecule is CCO[Si](C)(C)CCc1ccc(CC[Si](C)(OCC)OCC)cc1. The lowest BCUT2D eigenvalue weighted by Crippen LogP contribution is -2.39. The van der Waals surface area contributed by atoms with Gasteiger partial charge in [0.15, 0.2) is 8.32 Å². The van der Waals surface area contributed by atoms with E-state index in [0.29, 0.717) is 0 Å². The number of rotatable bonds is 12. The number of aryl methyl sites for hydroxylation is 2. The van der Waals surface area contributed by atoms with Crippen LogP contribution in [0, 0.1) is 0 Å². The molecule has 138 valence electrons. The van der Waals surface area contributed by atoms with Crippen LogP contribution in [-0.4, -0.2) is 36.7 Å². The normalized spacial score (nSPS) is 12.6. The van der Waals surface area contributed by atoms with E-state index < -0.39 is 16.9 Å². The highest BCUT2D eigenvalue weighted by molar-refractivity contribution is 6.71. The van der Waals surface area contributed by atoms with Crippen LogP contribution in [0.25, 0.3) is 0 Å². The molecule has 1 aromatic rings. The second-order valence-corrected chi connectivity index (χ2v) is 14.7. The van der Waals surface area contributed by atoms with E-state index in [9.17, 15) is 0 Å². The Morgan fingerprint density at radius 1 is 0.667 bits per heavy atom. The molecule has 24 heavy (non-hydrogen) atoms. The van der Waals surface area contributed by atoms with Gasteiger partial charge in [0.05, 0.1) is 0 Å². The molecule has 0 aromatic heterocycles. The molecular formula is C19H36O3Si2. The maximum absolute atomic E-state index is 5.92. The monoisotopic (exact) mass is 368 g/mol. The molecule has 0 amide bonds. The summed E-state index contributed by atoms with van der Waals surface area (Å²) in [4.78, 5) is 0. The lowest BCUT2D eigenvalue weighted by Gasteiger charge is -2.26. The first-order chi connectivity index (χ1) is 11.3. The van der Waals surface area contributed by atoms with E-state index in [1.807, 2.05) is 13.8 Å². The Hall–Kier alpha value is -0.466. The smallest absolute Gasteiger partial charge is 0.335 e. The van der Waals surface area contributed by atoms with Gasteiger partial charge in [-0.05, 0) is 76.5 Å². The van der Waals surface area contributed by atoms with Crippen LogP contribution in [0.1, 0.15) is 31.9 Å². The van der Waals surface area contributed by atoms with Gasteiger partial charge in [-0.15, -0.1) is 0 Å². The van der Waals surface area contributed by atoms with Gasteiger partial charge >= 0.3 is 8.56 Å². The molecule has 0 aliphatic carbocycles. The van der Waals surface area contributed by atoms with Crippen molar-refractivity contribution in [1.82, 2.24) is 0 Å². The van der Waals surface area contributed by atoms with Crippen LogP contribution in [0.2, 0.25) is 31.7 Å². The molecule has 0 saturated heterocycles. The quantitative estimate of drug-likeness (QED) is 0.477. The van der Waals surface area contributed by atoms with Gasteiger partial charge in [-0.2, -0.15) is 0 Å². The van der Waals surface area contributed by atoms with Gasteiger partial charge in [0.1, 0.15) is 0 Å². The van der Waals surface area contributed by atoms with Crippen LogP contribution < -0.4 is 0 Å². The second-order valence-electron chi connectivity index (χ2n) is 7.01. The van der Waals surface area contributed by atoms with Gasteiger partial charge in [-0.3, -0.25) is 0 Å². The lowest BCUT2D eigenvalue weighted by atomic mass is 10.1. The Morgan fingerprint density at radius 2 is 1.08 bits per heavy atom. The first-order valence-electron chi connectivity index (χ1n) is 9.34. The zero-order chi connectivity index (χ0) is 18.1. The fraction of sp³-hybridized carbons (Fsp3) is 0.684. The van der Waals surface area contributed by atoms with Crippen LogP contribution in [0.5, 0.6) is 0 Å². The third kappa shape index (κ3) is 8.07. The maximum atomic E-state index is 5.92. The molecule has 1 rings (SSSR count). The molecular weight excluding hydrogens is 332 g/mol. The summed E-state index contributed by atoms with van der Waals surface area (Å²) in [7, 11) is -3.49. The van der Waals surface area contributed by atoms with E-state index in [2.05, 4.69) is 50.8 Å². The summed E-state index contributed by atoms with van der Waals surface area (Å²) in [5.74, 6) is 0. The zero-order valence-corrected chi connectivity index (χ0v) is 18.5. The highest BCUT2D eigenvalue weighted by Crippen LogP contribution is 2.19. The molecule has 1 aromatic carbocycles. The molecule has 5 heteroatoms. The molecule has 0 spiro atoms. The molecule has 3 nitrogen and oxygen atoms in total. The molecule has 0 atom stereocenters. The van der Waals surface area contributed by atoms with E-state index in [-0.39, 0.29) is 0 Å². The van der Waals surface area contributed by atoms with Crippen molar-refractivity contribution in [2.24, 2.45) is 0 Å². The Balaban J connectivity index is 2.52. The van der Waals surface area contributed by atoms with Gasteiger partial charge in [-0.25, -0.2) is 0 Å². The topological polar surface area (TPSA) is 27.7 Å². The fourth-order valence-electron chi connectivity index (χ4n) is 2.95. The van der Waals surface area contributed by atoms with Crippen LogP contribution >= 0.6 is 0 Å². The summed E-state index contributed by atoms with van der Waals surface area (Å²) < 4.78 is 17.8. The minimum atomic E-state index is -2.01. The summed E-state index contributed by atoms with van der Waals surface area (Å²) in [6, 6.07) is 11.3. The fourth-order valence-corrected chi connectivity index (χ4v) is 7.10. The Bertz CT molecular complexity index is 454. The second kappa shape index (κ2) is 10.5. The zero-order valence-electron chi connectivity index (χ0n) is 16.5. The Morgan fingerprint density at radius 3 is 1.50 bits per heavy atom. The van der Waals surface area contributed by atoms with Gasteiger partial charge in [0.2, 0.25) is 0 Å². The van der Waals surface area contributed by atoms with Crippen molar-refractivity contribution in [3.63, 3.8) is 0 Å². The summed E-state index contributed by atoms with van der Waals surface area (Å²) in [6.45, 7) is 15.3. The van der Waals surface area contributed by atoms with Gasteiger partial charge in [-0.1, -0.05) is 24.3 Å². The van der Waals surface area contributed by atoms with Gasteiger partial charge in [0.25, 0.3) is 0 Å². The van der Waals surface area contributed by atoms with Crippen molar-refractivity contribution in [2.45, 2.75) is 65.3 Å². The molecule has 0 unspecified atom stereocenters. The first-order valence-corrected chi connectivity index (χ1v) is 15.0. The van der Waals surface area contributed by atoms with Gasteiger partial charge < -0.3 is 13.3 Å². The predicted octanol–water partition coefficient (Wildman–Crippen LogP) is 5.16. The molecule has 0 radical (unpaired) electrons. The van der Waals surface area contributed by atoms with Crippen LogP contribution in [0.4, 0.5) is 0 Å². The number of hydrogen-bond donors (Lipinski definition) is 0. The predicted molar refractivity (Wildman–Crippen MR) is 107 cm³/mol. The third-order valence-corrected chi connectivity index (χ3v) is 9.82. The number of benzene rings is 1. The minimum absolute atomic E-state index is 0.737. The van der Waals surface area contributed by atoms with Crippen molar-refractivity contribution >= 4 is 16.9 Å². The molecule has 0 saturated carbocycles. The van der Waals surface area contributed by atoms with Crippen molar-refractivity contribution in [1.29, 1.82) is 0 Å². The van der Waals surface area contributed by atoms with Crippen molar-refractivity contribution < 1.29 is 13.3 Å². The highest BCUT2D eigenvalue weighted by atomic mass is 28.4. The van der Waals surface area contributed by atoms with Crippen LogP contribution in [-0.2, 0) is 26.1 Å². The van der Waals surface area contributed by atoms with Crippen LogP contribution in [0.15, 0.2) is 24.3 Å². The van der Waals surface area contributed by atoms with E-state index in [1.165, 1.54) is 17.2 Å². The van der Waals surface area contributed by atoms with Crippen molar-refractivity contribution in [2.75, 3.05) is 19.8 Å². The molecule has 0 bridgehead atoms. The summed E-state index contributed by atoms with van der Waals surface area (Å²) >= 11 is 0. The maximum Gasteiger partial charge on any atom is 0.335 e. The Kier molecular flexibility index (Phi) is 9.45. The van der Waals surface area contributed by atoms with E-state index in [4.69, 9.17) is 13.3 Å². The van der Waals surface area contributed by atoms with Gasteiger partial charge in [0, 0.05) is 19.8 Å². The molecule has 0 fully saturated rings. The number of hydrogen-bond acceptors (Lipinski definition) is 3. The summed E-state index contributed by atoms with van der Waals surface area (Å²) in [6.07, 6.45) is 2.14.